The van der Waals surface area contributed by atoms with Crippen LogP contribution in [0.1, 0.15) is 0 Å². The molecule has 0 saturated carbocycles. The lowest BCUT2D eigenvalue weighted by molar-refractivity contribution is -0.385. The minimum atomic E-state index is -0.449. The molecule has 0 unspecified atom stereocenters. The van der Waals surface area contributed by atoms with Crippen LogP contribution in [0.4, 0.5) is 5.69 Å². The number of hydrogen-bond acceptors (Lipinski definition) is 3. The highest BCUT2D eigenvalue weighted by atomic mass is 79.9. The highest BCUT2D eigenvalue weighted by Gasteiger charge is 2.18. The maximum atomic E-state index is 10.7. The lowest BCUT2D eigenvalue weighted by Crippen LogP contribution is -1.90. The Balaban J connectivity index is 2.88. The molecule has 2 rings (SSSR count). The van der Waals surface area contributed by atoms with E-state index in [4.69, 9.17) is 0 Å². The van der Waals surface area contributed by atoms with E-state index < -0.39 is 4.92 Å². The van der Waals surface area contributed by atoms with Crippen molar-refractivity contribution in [3.8, 4) is 0 Å². The van der Waals surface area contributed by atoms with Crippen molar-refractivity contribution in [2.24, 2.45) is 0 Å². The number of fused-ring (bicyclic) bond motifs is 1. The first kappa shape index (κ1) is 9.60. The van der Waals surface area contributed by atoms with Gasteiger partial charge in [0.2, 0.25) is 0 Å². The van der Waals surface area contributed by atoms with E-state index in [0.717, 1.165) is 0 Å². The van der Waals surface area contributed by atoms with Gasteiger partial charge in [-0.25, -0.2) is 4.98 Å². The SMILES string of the molecule is O=[N+]([O-])c1cc(Br)c2nc[nH]c2c1Br. The van der Waals surface area contributed by atoms with Crippen molar-refractivity contribution < 1.29 is 4.92 Å². The quantitative estimate of drug-likeness (QED) is 0.648. The molecule has 0 spiro atoms. The normalized spacial score (nSPS) is 10.7. The zero-order chi connectivity index (χ0) is 10.3. The van der Waals surface area contributed by atoms with Crippen molar-refractivity contribution in [1.82, 2.24) is 9.97 Å². The number of imidazole rings is 1. The third-order valence-electron chi connectivity index (χ3n) is 1.77. The molecule has 7 heteroatoms. The first-order valence-corrected chi connectivity index (χ1v) is 5.15. The van der Waals surface area contributed by atoms with Crippen molar-refractivity contribution in [2.75, 3.05) is 0 Å². The van der Waals surface area contributed by atoms with Gasteiger partial charge in [-0.1, -0.05) is 0 Å². The second kappa shape index (κ2) is 3.32. The molecule has 1 heterocycles. The highest BCUT2D eigenvalue weighted by Crippen LogP contribution is 2.35. The molecule has 2 aromatic rings. The summed E-state index contributed by atoms with van der Waals surface area (Å²) in [4.78, 5) is 17.1. The molecule has 1 aromatic carbocycles. The number of nitrogens with zero attached hydrogens (tertiary/aromatic N) is 2. The highest BCUT2D eigenvalue weighted by molar-refractivity contribution is 9.11. The summed E-state index contributed by atoms with van der Waals surface area (Å²) in [5.74, 6) is 0. The fourth-order valence-electron chi connectivity index (χ4n) is 1.16. The van der Waals surface area contributed by atoms with Crippen LogP contribution in [-0.4, -0.2) is 14.9 Å². The largest absolute Gasteiger partial charge is 0.343 e. The fraction of sp³-hybridized carbons (Fsp3) is 0. The minimum absolute atomic E-state index is 0.00799. The first-order valence-electron chi connectivity index (χ1n) is 3.56. The van der Waals surface area contributed by atoms with Crippen molar-refractivity contribution in [3.05, 3.63) is 31.5 Å². The number of aromatic amines is 1. The molecule has 72 valence electrons. The van der Waals surface area contributed by atoms with Gasteiger partial charge in [0.1, 0.15) is 9.99 Å². The number of aromatic nitrogens is 2. The van der Waals surface area contributed by atoms with Gasteiger partial charge in [0, 0.05) is 6.07 Å². The molecule has 0 amide bonds. The number of H-pyrrole nitrogens is 1. The van der Waals surface area contributed by atoms with Crippen LogP contribution in [0.2, 0.25) is 0 Å². The van der Waals surface area contributed by atoms with Crippen LogP contribution in [0.25, 0.3) is 11.0 Å². The maximum Gasteiger partial charge on any atom is 0.286 e. The molecule has 14 heavy (non-hydrogen) atoms. The van der Waals surface area contributed by atoms with Crippen LogP contribution in [0.3, 0.4) is 0 Å². The first-order chi connectivity index (χ1) is 6.61. The van der Waals surface area contributed by atoms with E-state index in [1.165, 1.54) is 12.4 Å². The standard InChI is InChI=1S/C7H3Br2N3O2/c8-3-1-4(12(13)14)5(9)7-6(3)10-2-11-7/h1-2H,(H,10,11). The summed E-state index contributed by atoms with van der Waals surface area (Å²) in [6, 6.07) is 1.42. The van der Waals surface area contributed by atoms with Crippen LogP contribution < -0.4 is 0 Å². The Morgan fingerprint density at radius 2 is 2.21 bits per heavy atom. The maximum absolute atomic E-state index is 10.7. The van der Waals surface area contributed by atoms with E-state index in [9.17, 15) is 10.1 Å². The average molecular weight is 321 g/mol. The molecule has 0 radical (unpaired) electrons. The van der Waals surface area contributed by atoms with Gasteiger partial charge in [0.15, 0.2) is 0 Å². The number of benzene rings is 1. The Bertz CT molecular complexity index is 523. The molecular formula is C7H3Br2N3O2. The zero-order valence-corrected chi connectivity index (χ0v) is 9.79. The number of nitro groups is 1. The molecule has 5 nitrogen and oxygen atoms in total. The van der Waals surface area contributed by atoms with E-state index in [1.807, 2.05) is 0 Å². The van der Waals surface area contributed by atoms with E-state index in [0.29, 0.717) is 20.0 Å². The second-order valence-corrected chi connectivity index (χ2v) is 4.22. The monoisotopic (exact) mass is 319 g/mol. The summed E-state index contributed by atoms with van der Waals surface area (Å²) in [5, 5.41) is 10.7. The van der Waals surface area contributed by atoms with Gasteiger partial charge in [0.25, 0.3) is 5.69 Å². The number of rotatable bonds is 1. The predicted octanol–water partition coefficient (Wildman–Crippen LogP) is 3.00. The number of halogens is 2. The van der Waals surface area contributed by atoms with Crippen LogP contribution in [-0.2, 0) is 0 Å². The molecule has 1 aromatic heterocycles. The molecule has 0 bridgehead atoms. The van der Waals surface area contributed by atoms with Gasteiger partial charge in [-0.2, -0.15) is 0 Å². The van der Waals surface area contributed by atoms with Crippen LogP contribution in [0.15, 0.2) is 21.3 Å². The van der Waals surface area contributed by atoms with Crippen molar-refractivity contribution in [1.29, 1.82) is 0 Å². The Morgan fingerprint density at radius 3 is 2.86 bits per heavy atom. The molecule has 0 aliphatic heterocycles. The molecule has 0 atom stereocenters. The lowest BCUT2D eigenvalue weighted by Gasteiger charge is -1.98. The number of nitrogens with one attached hydrogen (secondary N) is 1. The molecule has 0 aliphatic carbocycles. The van der Waals surface area contributed by atoms with Gasteiger partial charge in [-0.05, 0) is 31.9 Å². The summed E-state index contributed by atoms with van der Waals surface area (Å²) >= 11 is 6.38. The fourth-order valence-corrected chi connectivity index (χ4v) is 2.23. The van der Waals surface area contributed by atoms with E-state index in [2.05, 4.69) is 41.8 Å². The Labute approximate surface area is 94.9 Å². The van der Waals surface area contributed by atoms with E-state index in [-0.39, 0.29) is 5.69 Å². The smallest absolute Gasteiger partial charge is 0.286 e. The van der Waals surface area contributed by atoms with E-state index in [1.54, 1.807) is 0 Å². The molecular weight excluding hydrogens is 318 g/mol. The Morgan fingerprint density at radius 1 is 1.50 bits per heavy atom. The molecule has 0 fully saturated rings. The summed E-state index contributed by atoms with van der Waals surface area (Å²) in [6.45, 7) is 0. The molecule has 0 aliphatic rings. The number of nitro benzene ring substituents is 1. The van der Waals surface area contributed by atoms with Gasteiger partial charge in [-0.3, -0.25) is 10.1 Å². The zero-order valence-electron chi connectivity index (χ0n) is 6.62. The molecule has 1 N–H and O–H groups in total. The third-order valence-corrected chi connectivity index (χ3v) is 3.18. The van der Waals surface area contributed by atoms with E-state index >= 15 is 0 Å². The summed E-state index contributed by atoms with van der Waals surface area (Å²) in [5.41, 5.74) is 1.29. The lowest BCUT2D eigenvalue weighted by atomic mass is 10.3. The van der Waals surface area contributed by atoms with Crippen LogP contribution in [0.5, 0.6) is 0 Å². The van der Waals surface area contributed by atoms with Crippen molar-refractivity contribution in [2.45, 2.75) is 0 Å². The third kappa shape index (κ3) is 1.32. The predicted molar refractivity (Wildman–Crippen MR) is 58.1 cm³/mol. The topological polar surface area (TPSA) is 71.8 Å². The second-order valence-electron chi connectivity index (χ2n) is 2.57. The summed E-state index contributed by atoms with van der Waals surface area (Å²) < 4.78 is 1.02. The van der Waals surface area contributed by atoms with Gasteiger partial charge in [0.05, 0.1) is 21.2 Å². The van der Waals surface area contributed by atoms with Gasteiger partial charge >= 0.3 is 0 Å². The van der Waals surface area contributed by atoms with Crippen LogP contribution in [0, 0.1) is 10.1 Å². The van der Waals surface area contributed by atoms with Gasteiger partial charge < -0.3 is 4.98 Å². The Kier molecular flexibility index (Phi) is 2.28. The summed E-state index contributed by atoms with van der Waals surface area (Å²) in [6.07, 6.45) is 1.49. The average Bonchev–Trinajstić information content (AvgIpc) is 2.59. The van der Waals surface area contributed by atoms with Crippen LogP contribution >= 0.6 is 31.9 Å². The Hall–Kier alpha value is -0.950. The number of hydrogen-bond donors (Lipinski definition) is 1. The minimum Gasteiger partial charge on any atom is -0.343 e. The summed E-state index contributed by atoms with van der Waals surface area (Å²) in [7, 11) is 0. The van der Waals surface area contributed by atoms with Crippen molar-refractivity contribution >= 4 is 48.6 Å². The van der Waals surface area contributed by atoms with Crippen molar-refractivity contribution in [3.63, 3.8) is 0 Å². The molecule has 0 saturated heterocycles. The van der Waals surface area contributed by atoms with Gasteiger partial charge in [-0.15, -0.1) is 0 Å².